The Balaban J connectivity index is 1.63. The molecule has 154 valence electrons. The van der Waals surface area contributed by atoms with Gasteiger partial charge in [0.15, 0.2) is 0 Å². The molecule has 0 spiro atoms. The molecule has 1 fully saturated rings. The molecule has 2 heterocycles. The summed E-state index contributed by atoms with van der Waals surface area (Å²) in [5.74, 6) is -0.447. The third kappa shape index (κ3) is 4.20. The summed E-state index contributed by atoms with van der Waals surface area (Å²) in [5.41, 5.74) is 0.861. The van der Waals surface area contributed by atoms with Gasteiger partial charge in [-0.05, 0) is 26.0 Å². The average molecular weight is 440 g/mol. The van der Waals surface area contributed by atoms with Crippen LogP contribution in [0.2, 0.25) is 10.0 Å². The molecule has 29 heavy (non-hydrogen) atoms. The van der Waals surface area contributed by atoms with Crippen molar-refractivity contribution in [3.63, 3.8) is 0 Å². The minimum Gasteiger partial charge on any atom is -0.338 e. The Labute approximate surface area is 176 Å². The fourth-order valence-corrected chi connectivity index (χ4v) is 3.71. The molecule has 9 nitrogen and oxygen atoms in total. The van der Waals surface area contributed by atoms with Gasteiger partial charge in [0.1, 0.15) is 17.9 Å². The van der Waals surface area contributed by atoms with E-state index in [1.807, 2.05) is 0 Å². The fourth-order valence-electron chi connectivity index (χ4n) is 3.33. The lowest BCUT2D eigenvalue weighted by molar-refractivity contribution is -0.386. The van der Waals surface area contributed by atoms with E-state index in [9.17, 15) is 19.7 Å². The maximum Gasteiger partial charge on any atom is 0.312 e. The minimum atomic E-state index is -0.496. The van der Waals surface area contributed by atoms with E-state index in [1.54, 1.807) is 34.9 Å². The maximum absolute atomic E-state index is 12.7. The second-order valence-corrected chi connectivity index (χ2v) is 7.49. The second-order valence-electron chi connectivity index (χ2n) is 6.71. The van der Waals surface area contributed by atoms with Crippen molar-refractivity contribution in [1.82, 2.24) is 19.6 Å². The van der Waals surface area contributed by atoms with Crippen LogP contribution in [0.1, 0.15) is 21.7 Å². The zero-order valence-corrected chi connectivity index (χ0v) is 17.4. The molecular weight excluding hydrogens is 421 g/mol. The van der Waals surface area contributed by atoms with E-state index < -0.39 is 4.92 Å². The molecule has 0 saturated carbocycles. The van der Waals surface area contributed by atoms with Crippen LogP contribution in [-0.4, -0.2) is 62.5 Å². The van der Waals surface area contributed by atoms with E-state index in [4.69, 9.17) is 23.2 Å². The van der Waals surface area contributed by atoms with E-state index in [-0.39, 0.29) is 34.8 Å². The molecule has 1 aliphatic heterocycles. The normalized spacial score (nSPS) is 14.2. The van der Waals surface area contributed by atoms with Crippen molar-refractivity contribution in [2.75, 3.05) is 26.2 Å². The van der Waals surface area contributed by atoms with E-state index in [0.717, 1.165) is 0 Å². The summed E-state index contributed by atoms with van der Waals surface area (Å²) in [6.45, 7) is 4.42. The Kier molecular flexibility index (Phi) is 6.09. The minimum absolute atomic E-state index is 0.0772. The Morgan fingerprint density at radius 1 is 1.14 bits per heavy atom. The molecule has 1 aromatic heterocycles. The van der Waals surface area contributed by atoms with Crippen LogP contribution in [0, 0.1) is 24.0 Å². The molecule has 11 heteroatoms. The van der Waals surface area contributed by atoms with Crippen molar-refractivity contribution in [3.8, 4) is 0 Å². The number of rotatable bonds is 4. The number of nitro groups is 1. The third-order valence-electron chi connectivity index (χ3n) is 4.91. The monoisotopic (exact) mass is 439 g/mol. The smallest absolute Gasteiger partial charge is 0.312 e. The van der Waals surface area contributed by atoms with E-state index >= 15 is 0 Å². The van der Waals surface area contributed by atoms with Crippen LogP contribution >= 0.6 is 23.2 Å². The van der Waals surface area contributed by atoms with Crippen molar-refractivity contribution in [1.29, 1.82) is 0 Å². The number of halogens is 2. The van der Waals surface area contributed by atoms with Gasteiger partial charge in [0.25, 0.3) is 5.91 Å². The van der Waals surface area contributed by atoms with Gasteiger partial charge in [-0.25, -0.2) is 0 Å². The topological polar surface area (TPSA) is 102 Å². The van der Waals surface area contributed by atoms with Gasteiger partial charge >= 0.3 is 5.69 Å². The second kappa shape index (κ2) is 8.38. The number of nitrogens with zero attached hydrogens (tertiary/aromatic N) is 5. The first-order valence-corrected chi connectivity index (χ1v) is 9.65. The van der Waals surface area contributed by atoms with Crippen LogP contribution < -0.4 is 0 Å². The molecule has 3 rings (SSSR count). The van der Waals surface area contributed by atoms with Gasteiger partial charge in [0.2, 0.25) is 5.91 Å². The number of carbonyl (C=O) groups is 2. The molecule has 0 aliphatic carbocycles. The Hall–Kier alpha value is -2.65. The largest absolute Gasteiger partial charge is 0.338 e. The van der Waals surface area contributed by atoms with Crippen molar-refractivity contribution in [3.05, 3.63) is 55.3 Å². The molecule has 1 aromatic carbocycles. The molecule has 0 N–H and O–H groups in total. The Morgan fingerprint density at radius 2 is 1.76 bits per heavy atom. The number of carbonyl (C=O) groups excluding carboxylic acids is 2. The van der Waals surface area contributed by atoms with Crippen LogP contribution in [0.5, 0.6) is 0 Å². The van der Waals surface area contributed by atoms with Gasteiger partial charge in [-0.2, -0.15) is 5.10 Å². The molecule has 2 aromatic rings. The van der Waals surface area contributed by atoms with Gasteiger partial charge in [0.05, 0.1) is 20.5 Å². The predicted octanol–water partition coefficient (Wildman–Crippen LogP) is 2.70. The lowest BCUT2D eigenvalue weighted by Crippen LogP contribution is -2.51. The highest BCUT2D eigenvalue weighted by Gasteiger charge is 2.28. The molecule has 0 unspecified atom stereocenters. The standard InChI is InChI=1S/C18H19Cl2N5O4/c1-11-17(25(28)29)12(2)24(21-11)10-15(26)22-6-8-23(9-7-22)18(27)13-4-3-5-14(19)16(13)20/h3-5H,6-10H2,1-2H3. The number of aromatic nitrogens is 2. The fraction of sp³-hybridized carbons (Fsp3) is 0.389. The zero-order chi connectivity index (χ0) is 21.3. The van der Waals surface area contributed by atoms with Crippen molar-refractivity contribution in [2.45, 2.75) is 20.4 Å². The number of aryl methyl sites for hydroxylation is 1. The summed E-state index contributed by atoms with van der Waals surface area (Å²) < 4.78 is 1.35. The summed E-state index contributed by atoms with van der Waals surface area (Å²) in [7, 11) is 0. The average Bonchev–Trinajstić information content (AvgIpc) is 2.96. The molecule has 1 saturated heterocycles. The van der Waals surface area contributed by atoms with Gasteiger partial charge in [0, 0.05) is 26.2 Å². The summed E-state index contributed by atoms with van der Waals surface area (Å²) in [6.07, 6.45) is 0. The van der Waals surface area contributed by atoms with Crippen LogP contribution in [-0.2, 0) is 11.3 Å². The van der Waals surface area contributed by atoms with Crippen LogP contribution in [0.4, 0.5) is 5.69 Å². The third-order valence-corrected chi connectivity index (χ3v) is 5.73. The number of amides is 2. The number of piperazine rings is 1. The molecule has 0 radical (unpaired) electrons. The number of benzene rings is 1. The van der Waals surface area contributed by atoms with Gasteiger partial charge in [-0.15, -0.1) is 0 Å². The lowest BCUT2D eigenvalue weighted by atomic mass is 10.1. The highest BCUT2D eigenvalue weighted by atomic mass is 35.5. The number of hydrogen-bond acceptors (Lipinski definition) is 5. The predicted molar refractivity (Wildman–Crippen MR) is 107 cm³/mol. The molecule has 0 atom stereocenters. The first-order chi connectivity index (χ1) is 13.7. The zero-order valence-electron chi connectivity index (χ0n) is 15.9. The van der Waals surface area contributed by atoms with E-state index in [2.05, 4.69) is 5.10 Å². The maximum atomic E-state index is 12.7. The molecule has 2 amide bonds. The summed E-state index contributed by atoms with van der Waals surface area (Å²) in [5, 5.41) is 15.7. The molecule has 1 aliphatic rings. The van der Waals surface area contributed by atoms with Gasteiger partial charge < -0.3 is 9.80 Å². The van der Waals surface area contributed by atoms with Gasteiger partial charge in [-0.1, -0.05) is 29.3 Å². The van der Waals surface area contributed by atoms with Gasteiger partial charge in [-0.3, -0.25) is 24.4 Å². The molecule has 0 bridgehead atoms. The van der Waals surface area contributed by atoms with E-state index in [0.29, 0.717) is 42.5 Å². The van der Waals surface area contributed by atoms with Crippen molar-refractivity contribution < 1.29 is 14.5 Å². The first-order valence-electron chi connectivity index (χ1n) is 8.90. The van der Waals surface area contributed by atoms with Crippen LogP contribution in [0.15, 0.2) is 18.2 Å². The summed E-state index contributed by atoms with van der Waals surface area (Å²) in [4.78, 5) is 39.1. The highest BCUT2D eigenvalue weighted by Crippen LogP contribution is 2.27. The summed E-state index contributed by atoms with van der Waals surface area (Å²) in [6, 6.07) is 4.89. The first kappa shape index (κ1) is 21.1. The van der Waals surface area contributed by atoms with Crippen molar-refractivity contribution in [2.24, 2.45) is 0 Å². The SMILES string of the molecule is Cc1nn(CC(=O)N2CCN(C(=O)c3cccc(Cl)c3Cl)CC2)c(C)c1[N+](=O)[O-]. The Bertz CT molecular complexity index is 983. The summed E-state index contributed by atoms with van der Waals surface area (Å²) >= 11 is 12.1. The van der Waals surface area contributed by atoms with E-state index in [1.165, 1.54) is 11.6 Å². The molecular formula is C18H19Cl2N5O4. The lowest BCUT2D eigenvalue weighted by Gasteiger charge is -2.35. The van der Waals surface area contributed by atoms with Crippen LogP contribution in [0.25, 0.3) is 0 Å². The van der Waals surface area contributed by atoms with Crippen molar-refractivity contribution >= 4 is 40.7 Å². The quantitative estimate of drug-likeness (QED) is 0.538. The van der Waals surface area contributed by atoms with Crippen LogP contribution in [0.3, 0.4) is 0 Å². The number of hydrogen-bond donors (Lipinski definition) is 0. The Morgan fingerprint density at radius 3 is 2.34 bits per heavy atom. The highest BCUT2D eigenvalue weighted by molar-refractivity contribution is 6.43.